The van der Waals surface area contributed by atoms with Crippen LogP contribution >= 0.6 is 0 Å². The van der Waals surface area contributed by atoms with E-state index in [1.165, 1.54) is 0 Å². The molecule has 0 radical (unpaired) electrons. The lowest BCUT2D eigenvalue weighted by atomic mass is 9.66. The van der Waals surface area contributed by atoms with E-state index in [4.69, 9.17) is 9.47 Å². The Bertz CT molecular complexity index is 722. The quantitative estimate of drug-likeness (QED) is 0.594. The highest BCUT2D eigenvalue weighted by molar-refractivity contribution is 5.76. The number of esters is 2. The molecule has 31 heavy (non-hydrogen) atoms. The Labute approximate surface area is 185 Å². The van der Waals surface area contributed by atoms with E-state index in [1.54, 1.807) is 0 Å². The second kappa shape index (κ2) is 9.86. The number of rotatable bonds is 7. The molecule has 2 N–H and O–H groups in total. The first kappa shape index (κ1) is 24.0. The standard InChI is InChI=1S/C25H38O6/c1-5-25(4,6-2)24(29)31-21-13-17(26)11-16-8-7-15(3)20(23(16)21)10-9-19-12-18(27)14-22(28)30-19/h7-8,11,15,17-21,23,26-27H,5-6,9-10,12-14H2,1-4H3/t15-,17+,18+,19+,20-,21-,23-/m0/s1. The SMILES string of the molecule is CCC(C)(CC)C(=O)O[C@H]1C[C@H](O)C=C2C=C[C@H](C)[C@H](CC[C@@H]3C[C@@H](O)CC(=O)O3)[C@H]21. The van der Waals surface area contributed by atoms with Crippen molar-refractivity contribution in [1.82, 2.24) is 0 Å². The highest BCUT2D eigenvalue weighted by Gasteiger charge is 2.44. The van der Waals surface area contributed by atoms with Crippen LogP contribution in [0, 0.1) is 23.2 Å². The number of cyclic esters (lactones) is 1. The summed E-state index contributed by atoms with van der Waals surface area (Å²) in [6.07, 6.45) is 7.98. The lowest BCUT2D eigenvalue weighted by molar-refractivity contribution is -0.167. The molecular weight excluding hydrogens is 396 g/mol. The first-order valence-electron chi connectivity index (χ1n) is 11.8. The number of ether oxygens (including phenoxy) is 2. The van der Waals surface area contributed by atoms with Crippen LogP contribution < -0.4 is 0 Å². The maximum atomic E-state index is 13.0. The summed E-state index contributed by atoms with van der Waals surface area (Å²) in [5.41, 5.74) is 0.500. The highest BCUT2D eigenvalue weighted by Crippen LogP contribution is 2.45. The van der Waals surface area contributed by atoms with Crippen LogP contribution in [0.1, 0.15) is 72.6 Å². The third kappa shape index (κ3) is 5.40. The average molecular weight is 435 g/mol. The van der Waals surface area contributed by atoms with Crippen LogP contribution in [0.5, 0.6) is 0 Å². The van der Waals surface area contributed by atoms with Crippen LogP contribution in [-0.2, 0) is 19.1 Å². The van der Waals surface area contributed by atoms with E-state index in [0.29, 0.717) is 32.1 Å². The molecule has 0 aromatic rings. The molecule has 0 unspecified atom stereocenters. The molecular formula is C25H38O6. The van der Waals surface area contributed by atoms with E-state index in [2.05, 4.69) is 19.1 Å². The van der Waals surface area contributed by atoms with E-state index in [-0.39, 0.29) is 48.3 Å². The predicted octanol–water partition coefficient (Wildman–Crippen LogP) is 3.70. The molecule has 174 valence electrons. The van der Waals surface area contributed by atoms with Gasteiger partial charge in [0.2, 0.25) is 0 Å². The third-order valence-electron chi connectivity index (χ3n) is 7.74. The van der Waals surface area contributed by atoms with Gasteiger partial charge in [-0.3, -0.25) is 9.59 Å². The Morgan fingerprint density at radius 3 is 2.58 bits per heavy atom. The summed E-state index contributed by atoms with van der Waals surface area (Å²) in [6.45, 7) is 8.10. The zero-order valence-electron chi connectivity index (χ0n) is 19.3. The summed E-state index contributed by atoms with van der Waals surface area (Å²) in [4.78, 5) is 24.7. The van der Waals surface area contributed by atoms with Gasteiger partial charge >= 0.3 is 11.9 Å². The smallest absolute Gasteiger partial charge is 0.312 e. The van der Waals surface area contributed by atoms with E-state index in [9.17, 15) is 19.8 Å². The second-order valence-electron chi connectivity index (χ2n) is 9.87. The van der Waals surface area contributed by atoms with Crippen LogP contribution in [0.2, 0.25) is 0 Å². The fourth-order valence-electron chi connectivity index (χ4n) is 5.22. The van der Waals surface area contributed by atoms with Gasteiger partial charge in [0, 0.05) is 18.8 Å². The molecule has 0 bridgehead atoms. The van der Waals surface area contributed by atoms with Gasteiger partial charge < -0.3 is 19.7 Å². The van der Waals surface area contributed by atoms with Crippen LogP contribution in [0.3, 0.4) is 0 Å². The average Bonchev–Trinajstić information content (AvgIpc) is 2.71. The van der Waals surface area contributed by atoms with Gasteiger partial charge in [0.1, 0.15) is 12.2 Å². The summed E-state index contributed by atoms with van der Waals surface area (Å²) in [5, 5.41) is 20.3. The fraction of sp³-hybridized carbons (Fsp3) is 0.760. The summed E-state index contributed by atoms with van der Waals surface area (Å²) < 4.78 is 11.5. The van der Waals surface area contributed by atoms with Crippen molar-refractivity contribution in [3.63, 3.8) is 0 Å². The minimum Gasteiger partial charge on any atom is -0.462 e. The Kier molecular flexibility index (Phi) is 7.63. The van der Waals surface area contributed by atoms with Gasteiger partial charge in [-0.05, 0) is 50.0 Å². The molecule has 3 aliphatic rings. The van der Waals surface area contributed by atoms with Gasteiger partial charge in [0.25, 0.3) is 0 Å². The second-order valence-corrected chi connectivity index (χ2v) is 9.87. The van der Waals surface area contributed by atoms with Crippen LogP contribution in [0.4, 0.5) is 0 Å². The predicted molar refractivity (Wildman–Crippen MR) is 117 cm³/mol. The Hall–Kier alpha value is -1.66. The first-order valence-corrected chi connectivity index (χ1v) is 11.8. The summed E-state index contributed by atoms with van der Waals surface area (Å²) in [7, 11) is 0. The molecule has 0 aromatic heterocycles. The van der Waals surface area contributed by atoms with Crippen LogP contribution in [0.15, 0.2) is 23.8 Å². The first-order chi connectivity index (χ1) is 14.7. The molecule has 0 amide bonds. The van der Waals surface area contributed by atoms with E-state index in [1.807, 2.05) is 26.8 Å². The number of fused-ring (bicyclic) bond motifs is 1. The Balaban J connectivity index is 1.77. The molecule has 6 heteroatoms. The van der Waals surface area contributed by atoms with Gasteiger partial charge in [-0.25, -0.2) is 0 Å². The number of carbonyl (C=O) groups excluding carboxylic acids is 2. The minimum atomic E-state index is -0.635. The molecule has 2 aliphatic carbocycles. The van der Waals surface area contributed by atoms with Crippen LogP contribution in [-0.4, -0.2) is 46.6 Å². The van der Waals surface area contributed by atoms with Gasteiger partial charge in [0.05, 0.1) is 24.0 Å². The number of hydrogen-bond donors (Lipinski definition) is 2. The van der Waals surface area contributed by atoms with E-state index in [0.717, 1.165) is 12.0 Å². The van der Waals surface area contributed by atoms with Crippen molar-refractivity contribution in [1.29, 1.82) is 0 Å². The maximum Gasteiger partial charge on any atom is 0.312 e. The molecule has 1 aliphatic heterocycles. The van der Waals surface area contributed by atoms with Crippen molar-refractivity contribution < 1.29 is 29.3 Å². The van der Waals surface area contributed by atoms with E-state index < -0.39 is 17.6 Å². The fourth-order valence-corrected chi connectivity index (χ4v) is 5.22. The van der Waals surface area contributed by atoms with Crippen molar-refractivity contribution in [3.05, 3.63) is 23.8 Å². The molecule has 1 fully saturated rings. The molecule has 3 rings (SSSR count). The summed E-state index contributed by atoms with van der Waals surface area (Å²) in [6, 6.07) is 0. The minimum absolute atomic E-state index is 0.00882. The van der Waals surface area contributed by atoms with Crippen molar-refractivity contribution in [2.75, 3.05) is 0 Å². The normalized spacial score (nSPS) is 35.7. The van der Waals surface area contributed by atoms with Gasteiger partial charge in [-0.1, -0.05) is 39.0 Å². The number of hydrogen-bond acceptors (Lipinski definition) is 6. The largest absolute Gasteiger partial charge is 0.462 e. The van der Waals surface area contributed by atoms with Crippen molar-refractivity contribution in [2.45, 2.75) is 97.1 Å². The van der Waals surface area contributed by atoms with Crippen molar-refractivity contribution >= 4 is 11.9 Å². The molecule has 6 nitrogen and oxygen atoms in total. The number of carbonyl (C=O) groups is 2. The Morgan fingerprint density at radius 2 is 1.94 bits per heavy atom. The van der Waals surface area contributed by atoms with Crippen molar-refractivity contribution in [3.8, 4) is 0 Å². The van der Waals surface area contributed by atoms with Gasteiger partial charge in [-0.2, -0.15) is 0 Å². The number of aliphatic hydroxyl groups excluding tert-OH is 2. The Morgan fingerprint density at radius 1 is 1.23 bits per heavy atom. The monoisotopic (exact) mass is 434 g/mol. The topological polar surface area (TPSA) is 93.1 Å². The molecule has 1 saturated heterocycles. The summed E-state index contributed by atoms with van der Waals surface area (Å²) >= 11 is 0. The van der Waals surface area contributed by atoms with Gasteiger partial charge in [-0.15, -0.1) is 0 Å². The third-order valence-corrected chi connectivity index (χ3v) is 7.74. The number of allylic oxidation sites excluding steroid dienone is 2. The molecule has 1 heterocycles. The van der Waals surface area contributed by atoms with E-state index >= 15 is 0 Å². The zero-order valence-corrected chi connectivity index (χ0v) is 19.3. The number of aliphatic hydroxyl groups is 2. The molecule has 0 saturated carbocycles. The molecule has 7 atom stereocenters. The van der Waals surface area contributed by atoms with Crippen molar-refractivity contribution in [2.24, 2.45) is 23.2 Å². The molecule has 0 aromatic carbocycles. The van der Waals surface area contributed by atoms with Gasteiger partial charge in [0.15, 0.2) is 0 Å². The lowest BCUT2D eigenvalue weighted by Crippen LogP contribution is -2.44. The van der Waals surface area contributed by atoms with Crippen LogP contribution in [0.25, 0.3) is 0 Å². The summed E-state index contributed by atoms with van der Waals surface area (Å²) in [5.74, 6) is -0.0527. The lowest BCUT2D eigenvalue weighted by Gasteiger charge is -2.44. The maximum absolute atomic E-state index is 13.0. The zero-order chi connectivity index (χ0) is 22.8. The molecule has 0 spiro atoms. The highest BCUT2D eigenvalue weighted by atomic mass is 16.6.